The molecule has 1 nitrogen and oxygen atoms in total. The predicted molar refractivity (Wildman–Crippen MR) is 69.5 cm³/mol. The fourth-order valence-corrected chi connectivity index (χ4v) is 2.23. The van der Waals surface area contributed by atoms with E-state index in [1.807, 2.05) is 25.1 Å². The lowest BCUT2D eigenvalue weighted by Crippen LogP contribution is -2.10. The average molecular weight is 385 g/mol. The third kappa shape index (κ3) is 3.17. The Balaban J connectivity index is 3.09. The van der Waals surface area contributed by atoms with Crippen molar-refractivity contribution in [2.24, 2.45) is 0 Å². The molecule has 0 radical (unpaired) electrons. The van der Waals surface area contributed by atoms with Gasteiger partial charge in [-0.05, 0) is 30.7 Å². The average Bonchev–Trinajstić information content (AvgIpc) is 2.15. The maximum absolute atomic E-state index is 11.7. The number of carbonyl (C=O) groups excluding carboxylic acids is 1. The molecule has 0 saturated heterocycles. The minimum atomic E-state index is -0.139. The monoisotopic (exact) mass is 382 g/mol. The van der Waals surface area contributed by atoms with Gasteiger partial charge in [0.05, 0.1) is 4.83 Å². The van der Waals surface area contributed by atoms with Crippen molar-refractivity contribution in [3.8, 4) is 0 Å². The smallest absolute Gasteiger partial charge is 0.176 e. The highest BCUT2D eigenvalue weighted by molar-refractivity contribution is 9.10. The van der Waals surface area contributed by atoms with Crippen LogP contribution in [0.1, 0.15) is 22.8 Å². The second-order valence-corrected chi connectivity index (χ2v) is 5.81. The van der Waals surface area contributed by atoms with E-state index in [1.54, 1.807) is 0 Å². The van der Waals surface area contributed by atoms with Crippen molar-refractivity contribution >= 4 is 53.6 Å². The Kier molecular flexibility index (Phi) is 4.80. The summed E-state index contributed by atoms with van der Waals surface area (Å²) < 4.78 is 0.936. The Morgan fingerprint density at radius 3 is 2.57 bits per heavy atom. The number of ketones is 1. The Bertz CT molecular complexity index is 347. The molecule has 1 rings (SSSR count). The van der Waals surface area contributed by atoms with Gasteiger partial charge in [0.25, 0.3) is 0 Å². The van der Waals surface area contributed by atoms with E-state index in [9.17, 15) is 4.79 Å². The molecule has 0 aliphatic heterocycles. The molecule has 1 aromatic carbocycles. The molecule has 0 saturated carbocycles. The molecule has 1 unspecified atom stereocenters. The fourth-order valence-electron chi connectivity index (χ4n) is 1.10. The number of rotatable bonds is 3. The maximum Gasteiger partial charge on any atom is 0.176 e. The zero-order valence-corrected chi connectivity index (χ0v) is 12.3. The fraction of sp³-hybridized carbons (Fsp3) is 0.300. The SMILES string of the molecule is CC(Br)C(=O)c1cc(Br)cc(CBr)c1. The minimum Gasteiger partial charge on any atom is -0.293 e. The lowest BCUT2D eigenvalue weighted by atomic mass is 10.1. The van der Waals surface area contributed by atoms with Crippen LogP contribution in [0.25, 0.3) is 0 Å². The molecule has 0 amide bonds. The highest BCUT2D eigenvalue weighted by Gasteiger charge is 2.12. The Morgan fingerprint density at radius 2 is 2.07 bits per heavy atom. The molecule has 0 aromatic heterocycles. The van der Waals surface area contributed by atoms with E-state index in [0.29, 0.717) is 0 Å². The molecule has 4 heteroatoms. The highest BCUT2D eigenvalue weighted by Crippen LogP contribution is 2.20. The molecule has 0 spiro atoms. The van der Waals surface area contributed by atoms with Gasteiger partial charge < -0.3 is 0 Å². The van der Waals surface area contributed by atoms with Gasteiger partial charge in [-0.3, -0.25) is 4.79 Å². The number of hydrogen-bond donors (Lipinski definition) is 0. The normalized spacial score (nSPS) is 12.6. The molecule has 1 atom stereocenters. The molecule has 76 valence electrons. The second kappa shape index (κ2) is 5.42. The van der Waals surface area contributed by atoms with Gasteiger partial charge in [-0.15, -0.1) is 0 Å². The van der Waals surface area contributed by atoms with E-state index >= 15 is 0 Å². The summed E-state index contributed by atoms with van der Waals surface area (Å²) in [5, 5.41) is 0.753. The standard InChI is InChI=1S/C10H9Br3O/c1-6(12)10(14)8-2-7(5-11)3-9(13)4-8/h2-4,6H,5H2,1H3. The highest BCUT2D eigenvalue weighted by atomic mass is 79.9. The van der Waals surface area contributed by atoms with Crippen LogP contribution >= 0.6 is 47.8 Å². The molecular formula is C10H9Br3O. The quantitative estimate of drug-likeness (QED) is 0.560. The van der Waals surface area contributed by atoms with Gasteiger partial charge in [-0.2, -0.15) is 0 Å². The van der Waals surface area contributed by atoms with Gasteiger partial charge in [-0.25, -0.2) is 0 Å². The van der Waals surface area contributed by atoms with Gasteiger partial charge in [0.1, 0.15) is 0 Å². The molecular weight excluding hydrogens is 376 g/mol. The number of alkyl halides is 2. The van der Waals surface area contributed by atoms with Crippen molar-refractivity contribution in [3.05, 3.63) is 33.8 Å². The van der Waals surface area contributed by atoms with E-state index in [1.165, 1.54) is 0 Å². The van der Waals surface area contributed by atoms with E-state index in [4.69, 9.17) is 0 Å². The van der Waals surface area contributed by atoms with Gasteiger partial charge in [0.2, 0.25) is 0 Å². The molecule has 0 aliphatic rings. The number of carbonyl (C=O) groups is 1. The lowest BCUT2D eigenvalue weighted by Gasteiger charge is -2.05. The van der Waals surface area contributed by atoms with Gasteiger partial charge >= 0.3 is 0 Å². The minimum absolute atomic E-state index is 0.105. The Morgan fingerprint density at radius 1 is 1.43 bits per heavy atom. The van der Waals surface area contributed by atoms with E-state index in [0.717, 1.165) is 20.9 Å². The summed E-state index contributed by atoms with van der Waals surface area (Å²) >= 11 is 10.0. The summed E-state index contributed by atoms with van der Waals surface area (Å²) in [7, 11) is 0. The van der Waals surface area contributed by atoms with Crippen LogP contribution in [-0.4, -0.2) is 10.6 Å². The summed E-state index contributed by atoms with van der Waals surface area (Å²) in [5.41, 5.74) is 1.83. The van der Waals surface area contributed by atoms with Crippen molar-refractivity contribution in [3.63, 3.8) is 0 Å². The number of hydrogen-bond acceptors (Lipinski definition) is 1. The number of benzene rings is 1. The van der Waals surface area contributed by atoms with Crippen LogP contribution < -0.4 is 0 Å². The topological polar surface area (TPSA) is 17.1 Å². The molecule has 0 N–H and O–H groups in total. The van der Waals surface area contributed by atoms with E-state index in [-0.39, 0.29) is 10.6 Å². The maximum atomic E-state index is 11.7. The van der Waals surface area contributed by atoms with Crippen LogP contribution in [0.4, 0.5) is 0 Å². The number of Topliss-reactive ketones (excluding diaryl/α,β-unsaturated/α-hetero) is 1. The number of halogens is 3. The Hall–Kier alpha value is 0.330. The predicted octanol–water partition coefficient (Wildman–Crippen LogP) is 4.31. The summed E-state index contributed by atoms with van der Waals surface area (Å²) in [6.07, 6.45) is 0. The summed E-state index contributed by atoms with van der Waals surface area (Å²) in [4.78, 5) is 11.5. The third-order valence-electron chi connectivity index (χ3n) is 1.76. The molecule has 0 bridgehead atoms. The third-order valence-corrected chi connectivity index (χ3v) is 3.28. The van der Waals surface area contributed by atoms with Gasteiger partial charge in [-0.1, -0.05) is 47.8 Å². The molecule has 0 aliphatic carbocycles. The van der Waals surface area contributed by atoms with Gasteiger partial charge in [0.15, 0.2) is 5.78 Å². The first-order valence-electron chi connectivity index (χ1n) is 4.08. The van der Waals surface area contributed by atoms with Crippen molar-refractivity contribution in [2.75, 3.05) is 0 Å². The zero-order chi connectivity index (χ0) is 10.7. The summed E-state index contributed by atoms with van der Waals surface area (Å²) in [6.45, 7) is 1.83. The van der Waals surface area contributed by atoms with Crippen LogP contribution in [-0.2, 0) is 5.33 Å². The molecule has 14 heavy (non-hydrogen) atoms. The van der Waals surface area contributed by atoms with Crippen LogP contribution in [0.15, 0.2) is 22.7 Å². The Labute approximate surface area is 109 Å². The largest absolute Gasteiger partial charge is 0.293 e. The summed E-state index contributed by atoms with van der Waals surface area (Å²) in [5.74, 6) is 0.105. The van der Waals surface area contributed by atoms with E-state index in [2.05, 4.69) is 47.8 Å². The zero-order valence-electron chi connectivity index (χ0n) is 7.56. The van der Waals surface area contributed by atoms with Crippen LogP contribution in [0.5, 0.6) is 0 Å². The van der Waals surface area contributed by atoms with Crippen LogP contribution in [0, 0.1) is 0 Å². The first-order valence-corrected chi connectivity index (χ1v) is 6.91. The van der Waals surface area contributed by atoms with Crippen LogP contribution in [0.2, 0.25) is 0 Å². The van der Waals surface area contributed by atoms with Crippen LogP contribution in [0.3, 0.4) is 0 Å². The van der Waals surface area contributed by atoms with Crippen molar-refractivity contribution < 1.29 is 4.79 Å². The first kappa shape index (κ1) is 12.4. The molecule has 0 heterocycles. The van der Waals surface area contributed by atoms with E-state index < -0.39 is 0 Å². The van der Waals surface area contributed by atoms with Crippen molar-refractivity contribution in [1.29, 1.82) is 0 Å². The van der Waals surface area contributed by atoms with Gasteiger partial charge in [0, 0.05) is 15.4 Å². The lowest BCUT2D eigenvalue weighted by molar-refractivity contribution is 0.0995. The summed E-state index contributed by atoms with van der Waals surface area (Å²) in [6, 6.07) is 5.73. The second-order valence-electron chi connectivity index (χ2n) is 2.96. The molecule has 1 aromatic rings. The molecule has 0 fully saturated rings. The van der Waals surface area contributed by atoms with Crippen molar-refractivity contribution in [1.82, 2.24) is 0 Å². The van der Waals surface area contributed by atoms with Crippen molar-refractivity contribution in [2.45, 2.75) is 17.1 Å². The first-order chi connectivity index (χ1) is 6.54.